The van der Waals surface area contributed by atoms with Crippen molar-refractivity contribution in [2.75, 3.05) is 66.0 Å². The standard InChI is InChI=1S/C18H40N6/c1-7-22-12-14-23(15-13-22)10-8-20-18(19-6)21-9-11-24(16(2)3)17(4)5/h16-17H,7-15H2,1-6H3,(H2,19,20,21). The number of rotatable bonds is 9. The minimum absolute atomic E-state index is 0.573. The Morgan fingerprint density at radius 1 is 0.958 bits per heavy atom. The summed E-state index contributed by atoms with van der Waals surface area (Å²) in [5, 5.41) is 6.87. The fourth-order valence-corrected chi connectivity index (χ4v) is 3.30. The number of guanidine groups is 1. The maximum absolute atomic E-state index is 4.33. The van der Waals surface area contributed by atoms with E-state index in [1.807, 2.05) is 7.05 Å². The van der Waals surface area contributed by atoms with Crippen molar-refractivity contribution in [1.82, 2.24) is 25.3 Å². The van der Waals surface area contributed by atoms with E-state index in [1.165, 1.54) is 32.7 Å². The van der Waals surface area contributed by atoms with Crippen LogP contribution in [0.25, 0.3) is 0 Å². The van der Waals surface area contributed by atoms with Crippen LogP contribution in [0.4, 0.5) is 0 Å². The van der Waals surface area contributed by atoms with Crippen LogP contribution >= 0.6 is 0 Å². The van der Waals surface area contributed by atoms with E-state index in [0.717, 1.165) is 32.1 Å². The van der Waals surface area contributed by atoms with E-state index in [4.69, 9.17) is 0 Å². The number of hydrogen-bond acceptors (Lipinski definition) is 4. The van der Waals surface area contributed by atoms with E-state index >= 15 is 0 Å². The molecular formula is C18H40N6. The first-order valence-electron chi connectivity index (χ1n) is 9.62. The van der Waals surface area contributed by atoms with Gasteiger partial charge in [-0.15, -0.1) is 0 Å². The van der Waals surface area contributed by atoms with Crippen molar-refractivity contribution in [3.05, 3.63) is 0 Å². The van der Waals surface area contributed by atoms with Crippen molar-refractivity contribution >= 4 is 5.96 Å². The zero-order valence-corrected chi connectivity index (χ0v) is 16.8. The minimum atomic E-state index is 0.573. The Morgan fingerprint density at radius 2 is 1.50 bits per heavy atom. The van der Waals surface area contributed by atoms with E-state index in [-0.39, 0.29) is 0 Å². The molecule has 0 saturated carbocycles. The van der Waals surface area contributed by atoms with Crippen LogP contribution in [0.3, 0.4) is 0 Å². The summed E-state index contributed by atoms with van der Waals surface area (Å²) in [6, 6.07) is 1.15. The molecule has 6 nitrogen and oxygen atoms in total. The van der Waals surface area contributed by atoms with Crippen molar-refractivity contribution in [3.63, 3.8) is 0 Å². The Labute approximate surface area is 149 Å². The zero-order valence-electron chi connectivity index (χ0n) is 16.8. The summed E-state index contributed by atoms with van der Waals surface area (Å²) in [4.78, 5) is 11.9. The lowest BCUT2D eigenvalue weighted by atomic mass is 10.2. The first-order chi connectivity index (χ1) is 11.5. The summed E-state index contributed by atoms with van der Waals surface area (Å²) < 4.78 is 0. The monoisotopic (exact) mass is 340 g/mol. The highest BCUT2D eigenvalue weighted by Gasteiger charge is 2.15. The molecule has 0 aromatic heterocycles. The van der Waals surface area contributed by atoms with Crippen LogP contribution in [0.2, 0.25) is 0 Å². The van der Waals surface area contributed by atoms with E-state index < -0.39 is 0 Å². The molecule has 0 radical (unpaired) electrons. The summed E-state index contributed by atoms with van der Waals surface area (Å²) >= 11 is 0. The number of hydrogen-bond donors (Lipinski definition) is 2. The SMILES string of the molecule is CCN1CCN(CCNC(=NC)NCCN(C(C)C)C(C)C)CC1. The summed E-state index contributed by atoms with van der Waals surface area (Å²) in [7, 11) is 1.85. The third-order valence-electron chi connectivity index (χ3n) is 4.85. The van der Waals surface area contributed by atoms with E-state index in [9.17, 15) is 0 Å². The Morgan fingerprint density at radius 3 is 2.00 bits per heavy atom. The lowest BCUT2D eigenvalue weighted by Gasteiger charge is -2.34. The van der Waals surface area contributed by atoms with Gasteiger partial charge in [0.2, 0.25) is 0 Å². The third-order valence-corrected chi connectivity index (χ3v) is 4.85. The Hall–Kier alpha value is -0.850. The predicted octanol–water partition coefficient (Wildman–Crippen LogP) is 0.908. The van der Waals surface area contributed by atoms with Crippen molar-refractivity contribution in [3.8, 4) is 0 Å². The first-order valence-corrected chi connectivity index (χ1v) is 9.62. The van der Waals surface area contributed by atoms with Crippen molar-refractivity contribution in [1.29, 1.82) is 0 Å². The summed E-state index contributed by atoms with van der Waals surface area (Å²) in [5.41, 5.74) is 0. The van der Waals surface area contributed by atoms with E-state index in [0.29, 0.717) is 12.1 Å². The molecule has 0 bridgehead atoms. The van der Waals surface area contributed by atoms with Crippen LogP contribution in [-0.4, -0.2) is 98.7 Å². The topological polar surface area (TPSA) is 46.1 Å². The molecule has 1 heterocycles. The second-order valence-corrected chi connectivity index (χ2v) is 7.13. The second kappa shape index (κ2) is 11.7. The molecule has 1 aliphatic heterocycles. The maximum atomic E-state index is 4.33. The summed E-state index contributed by atoms with van der Waals surface area (Å²) in [6.07, 6.45) is 0. The van der Waals surface area contributed by atoms with Gasteiger partial charge in [0.1, 0.15) is 0 Å². The molecule has 1 fully saturated rings. The molecule has 24 heavy (non-hydrogen) atoms. The van der Waals surface area contributed by atoms with Gasteiger partial charge in [0.05, 0.1) is 0 Å². The van der Waals surface area contributed by atoms with Gasteiger partial charge in [-0.2, -0.15) is 0 Å². The summed E-state index contributed by atoms with van der Waals surface area (Å²) in [6.45, 7) is 21.2. The molecule has 1 saturated heterocycles. The highest BCUT2D eigenvalue weighted by atomic mass is 15.3. The summed E-state index contributed by atoms with van der Waals surface area (Å²) in [5.74, 6) is 0.912. The lowest BCUT2D eigenvalue weighted by molar-refractivity contribution is 0.139. The molecular weight excluding hydrogens is 300 g/mol. The smallest absolute Gasteiger partial charge is 0.191 e. The molecule has 0 aromatic carbocycles. The maximum Gasteiger partial charge on any atom is 0.191 e. The Kier molecular flexibility index (Phi) is 10.3. The number of nitrogens with one attached hydrogen (secondary N) is 2. The third kappa shape index (κ3) is 7.81. The normalized spacial score (nSPS) is 18.0. The molecule has 142 valence electrons. The van der Waals surface area contributed by atoms with Crippen LogP contribution < -0.4 is 10.6 Å². The van der Waals surface area contributed by atoms with Gasteiger partial charge in [-0.1, -0.05) is 6.92 Å². The number of likely N-dealkylation sites (N-methyl/N-ethyl adjacent to an activating group) is 1. The molecule has 0 aliphatic carbocycles. The van der Waals surface area contributed by atoms with Gasteiger partial charge in [0.25, 0.3) is 0 Å². The first kappa shape index (κ1) is 21.2. The number of piperazine rings is 1. The van der Waals surface area contributed by atoms with Crippen molar-refractivity contribution < 1.29 is 0 Å². The second-order valence-electron chi connectivity index (χ2n) is 7.13. The fourth-order valence-electron chi connectivity index (χ4n) is 3.30. The molecule has 2 N–H and O–H groups in total. The average molecular weight is 341 g/mol. The minimum Gasteiger partial charge on any atom is -0.355 e. The van der Waals surface area contributed by atoms with Gasteiger partial charge >= 0.3 is 0 Å². The fraction of sp³-hybridized carbons (Fsp3) is 0.944. The van der Waals surface area contributed by atoms with Gasteiger partial charge in [-0.05, 0) is 34.2 Å². The zero-order chi connectivity index (χ0) is 17.9. The Bertz CT molecular complexity index is 339. The van der Waals surface area contributed by atoms with E-state index in [2.05, 4.69) is 64.9 Å². The van der Waals surface area contributed by atoms with Gasteiger partial charge in [-0.3, -0.25) is 14.8 Å². The average Bonchev–Trinajstić information content (AvgIpc) is 2.56. The Balaban J connectivity index is 2.19. The lowest BCUT2D eigenvalue weighted by Crippen LogP contribution is -2.49. The highest BCUT2D eigenvalue weighted by molar-refractivity contribution is 5.79. The van der Waals surface area contributed by atoms with Crippen molar-refractivity contribution in [2.45, 2.75) is 46.7 Å². The molecule has 6 heteroatoms. The largest absolute Gasteiger partial charge is 0.355 e. The molecule has 0 aromatic rings. The molecule has 0 atom stereocenters. The number of nitrogens with zero attached hydrogens (tertiary/aromatic N) is 4. The molecule has 1 aliphatic rings. The van der Waals surface area contributed by atoms with Crippen molar-refractivity contribution in [2.24, 2.45) is 4.99 Å². The van der Waals surface area contributed by atoms with Gasteiger partial charge in [0.15, 0.2) is 5.96 Å². The molecule has 0 unspecified atom stereocenters. The molecule has 0 amide bonds. The molecule has 1 rings (SSSR count). The highest BCUT2D eigenvalue weighted by Crippen LogP contribution is 2.03. The van der Waals surface area contributed by atoms with Crippen LogP contribution in [0.1, 0.15) is 34.6 Å². The van der Waals surface area contributed by atoms with Crippen LogP contribution in [0.5, 0.6) is 0 Å². The molecule has 0 spiro atoms. The van der Waals surface area contributed by atoms with Crippen LogP contribution in [0, 0.1) is 0 Å². The van der Waals surface area contributed by atoms with Gasteiger partial charge in [-0.25, -0.2) is 0 Å². The van der Waals surface area contributed by atoms with E-state index in [1.54, 1.807) is 0 Å². The van der Waals surface area contributed by atoms with Crippen LogP contribution in [-0.2, 0) is 0 Å². The number of aliphatic imine (C=N–C) groups is 1. The quantitative estimate of drug-likeness (QED) is 0.482. The van der Waals surface area contributed by atoms with Crippen LogP contribution in [0.15, 0.2) is 4.99 Å². The predicted molar refractivity (Wildman–Crippen MR) is 105 cm³/mol. The van der Waals surface area contributed by atoms with Gasteiger partial charge in [0, 0.05) is 71.5 Å². The van der Waals surface area contributed by atoms with Gasteiger partial charge < -0.3 is 15.5 Å².